The normalized spacial score (nSPS) is 18.5. The largest absolute Gasteiger partial charge is 0.379 e. The monoisotopic (exact) mass is 227 g/mol. The number of hydrogen-bond donors (Lipinski definition) is 1. The van der Waals surface area contributed by atoms with Gasteiger partial charge in [0.2, 0.25) is 0 Å². The summed E-state index contributed by atoms with van der Waals surface area (Å²) in [5, 5.41) is 0.795. The Balaban J connectivity index is 2.01. The number of thioether (sulfide) groups is 1. The third-order valence-corrected chi connectivity index (χ3v) is 3.87. The predicted molar refractivity (Wildman–Crippen MR) is 60.4 cm³/mol. The van der Waals surface area contributed by atoms with Crippen molar-refractivity contribution in [1.29, 1.82) is 0 Å². The van der Waals surface area contributed by atoms with Crippen molar-refractivity contribution in [2.75, 3.05) is 19.8 Å². The molecule has 4 heteroatoms. The van der Waals surface area contributed by atoms with Crippen molar-refractivity contribution in [2.45, 2.75) is 10.5 Å². The molecule has 1 saturated heterocycles. The highest BCUT2D eigenvalue weighted by Crippen LogP contribution is 2.34. The molecule has 2 rings (SSSR count). The molecule has 0 radical (unpaired) electrons. The van der Waals surface area contributed by atoms with E-state index in [1.54, 1.807) is 12.1 Å². The zero-order valence-corrected chi connectivity index (χ0v) is 9.17. The molecule has 2 nitrogen and oxygen atoms in total. The van der Waals surface area contributed by atoms with Gasteiger partial charge in [-0.2, -0.15) is 0 Å². The standard InChI is InChI=1S/C11H14FNOS/c12-9-3-1-8(2-4-9)11(5-13)15-10-6-14-7-10/h1-4,10-11H,5-7,13H2. The van der Waals surface area contributed by atoms with Crippen LogP contribution in [-0.2, 0) is 4.74 Å². The molecule has 1 aromatic carbocycles. The topological polar surface area (TPSA) is 35.2 Å². The Kier molecular flexibility index (Phi) is 3.61. The average Bonchev–Trinajstić information content (AvgIpc) is 2.19. The van der Waals surface area contributed by atoms with Crippen LogP contribution in [0.15, 0.2) is 24.3 Å². The molecule has 0 spiro atoms. The summed E-state index contributed by atoms with van der Waals surface area (Å²) in [5.74, 6) is -0.202. The SMILES string of the molecule is NCC(SC1COC1)c1ccc(F)cc1. The number of halogens is 1. The summed E-state index contributed by atoms with van der Waals surface area (Å²) in [4.78, 5) is 0. The molecule has 0 aliphatic carbocycles. The fraction of sp³-hybridized carbons (Fsp3) is 0.455. The molecule has 1 unspecified atom stereocenters. The minimum Gasteiger partial charge on any atom is -0.379 e. The van der Waals surface area contributed by atoms with Gasteiger partial charge in [0, 0.05) is 11.8 Å². The molecule has 2 N–H and O–H groups in total. The number of rotatable bonds is 4. The van der Waals surface area contributed by atoms with Gasteiger partial charge >= 0.3 is 0 Å². The van der Waals surface area contributed by atoms with Crippen LogP contribution in [0.5, 0.6) is 0 Å². The first-order valence-electron chi connectivity index (χ1n) is 4.98. The molecule has 1 aliphatic rings. The second kappa shape index (κ2) is 4.96. The zero-order valence-electron chi connectivity index (χ0n) is 8.36. The van der Waals surface area contributed by atoms with E-state index in [1.165, 1.54) is 12.1 Å². The smallest absolute Gasteiger partial charge is 0.123 e. The Hall–Kier alpha value is -0.580. The lowest BCUT2D eigenvalue weighted by atomic mass is 10.1. The van der Waals surface area contributed by atoms with Crippen molar-refractivity contribution in [3.05, 3.63) is 35.6 Å². The van der Waals surface area contributed by atoms with Gasteiger partial charge in [0.1, 0.15) is 5.82 Å². The molecule has 0 saturated carbocycles. The van der Waals surface area contributed by atoms with E-state index in [0.29, 0.717) is 11.8 Å². The van der Waals surface area contributed by atoms with Crippen LogP contribution >= 0.6 is 11.8 Å². The summed E-state index contributed by atoms with van der Waals surface area (Å²) in [7, 11) is 0. The van der Waals surface area contributed by atoms with Crippen LogP contribution in [0, 0.1) is 5.82 Å². The van der Waals surface area contributed by atoms with Gasteiger partial charge in [0.05, 0.1) is 18.5 Å². The van der Waals surface area contributed by atoms with Crippen LogP contribution in [0.1, 0.15) is 10.8 Å². The molecule has 1 heterocycles. The van der Waals surface area contributed by atoms with Gasteiger partial charge in [0.25, 0.3) is 0 Å². The molecule has 0 aromatic heterocycles. The number of benzene rings is 1. The minimum absolute atomic E-state index is 0.202. The first-order chi connectivity index (χ1) is 7.29. The molecule has 1 aliphatic heterocycles. The van der Waals surface area contributed by atoms with Crippen LogP contribution in [0.2, 0.25) is 0 Å². The Labute approximate surface area is 93.0 Å². The van der Waals surface area contributed by atoms with E-state index in [2.05, 4.69) is 0 Å². The van der Waals surface area contributed by atoms with Crippen LogP contribution in [-0.4, -0.2) is 25.0 Å². The van der Waals surface area contributed by atoms with Crippen LogP contribution < -0.4 is 5.73 Å². The quantitative estimate of drug-likeness (QED) is 0.854. The molecule has 1 aromatic rings. The van der Waals surface area contributed by atoms with E-state index in [9.17, 15) is 4.39 Å². The maximum atomic E-state index is 12.7. The molecule has 1 fully saturated rings. The van der Waals surface area contributed by atoms with Gasteiger partial charge in [-0.05, 0) is 17.7 Å². The molecule has 0 amide bonds. The number of hydrogen-bond acceptors (Lipinski definition) is 3. The van der Waals surface area contributed by atoms with Gasteiger partial charge in [0.15, 0.2) is 0 Å². The Morgan fingerprint density at radius 3 is 2.53 bits per heavy atom. The van der Waals surface area contributed by atoms with Crippen molar-refractivity contribution >= 4 is 11.8 Å². The molecule has 82 valence electrons. The van der Waals surface area contributed by atoms with Gasteiger partial charge < -0.3 is 10.5 Å². The highest BCUT2D eigenvalue weighted by atomic mass is 32.2. The minimum atomic E-state index is -0.202. The third kappa shape index (κ3) is 2.71. The summed E-state index contributed by atoms with van der Waals surface area (Å²) < 4.78 is 17.8. The first-order valence-corrected chi connectivity index (χ1v) is 5.92. The van der Waals surface area contributed by atoms with E-state index < -0.39 is 0 Å². The molecule has 0 bridgehead atoms. The van der Waals surface area contributed by atoms with Gasteiger partial charge in [-0.3, -0.25) is 0 Å². The Morgan fingerprint density at radius 1 is 1.40 bits per heavy atom. The average molecular weight is 227 g/mol. The van der Waals surface area contributed by atoms with Gasteiger partial charge in [-0.15, -0.1) is 11.8 Å². The summed E-state index contributed by atoms with van der Waals surface area (Å²) >= 11 is 1.82. The summed E-state index contributed by atoms with van der Waals surface area (Å²) in [6.45, 7) is 2.19. The second-order valence-electron chi connectivity index (χ2n) is 3.57. The first kappa shape index (κ1) is 10.9. The zero-order chi connectivity index (χ0) is 10.7. The molecule has 1 atom stereocenters. The van der Waals surface area contributed by atoms with E-state index in [4.69, 9.17) is 10.5 Å². The molecular weight excluding hydrogens is 213 g/mol. The third-order valence-electron chi connectivity index (χ3n) is 2.42. The number of ether oxygens (including phenoxy) is 1. The van der Waals surface area contributed by atoms with Crippen molar-refractivity contribution in [3.63, 3.8) is 0 Å². The van der Waals surface area contributed by atoms with Crippen molar-refractivity contribution in [1.82, 2.24) is 0 Å². The fourth-order valence-electron chi connectivity index (χ4n) is 1.47. The van der Waals surface area contributed by atoms with Crippen LogP contribution in [0.4, 0.5) is 4.39 Å². The Bertz CT molecular complexity index is 313. The van der Waals surface area contributed by atoms with Gasteiger partial charge in [-0.1, -0.05) is 12.1 Å². The summed E-state index contributed by atoms with van der Waals surface area (Å²) in [5.41, 5.74) is 6.81. The Morgan fingerprint density at radius 2 is 2.07 bits per heavy atom. The number of nitrogens with two attached hydrogens (primary N) is 1. The molecule has 15 heavy (non-hydrogen) atoms. The van der Waals surface area contributed by atoms with Gasteiger partial charge in [-0.25, -0.2) is 4.39 Å². The van der Waals surface area contributed by atoms with E-state index >= 15 is 0 Å². The summed E-state index contributed by atoms with van der Waals surface area (Å²) in [6, 6.07) is 6.57. The lowest BCUT2D eigenvalue weighted by Crippen LogP contribution is -2.32. The van der Waals surface area contributed by atoms with Crippen LogP contribution in [0.3, 0.4) is 0 Å². The highest BCUT2D eigenvalue weighted by molar-refractivity contribution is 8.00. The van der Waals surface area contributed by atoms with Crippen LogP contribution in [0.25, 0.3) is 0 Å². The molecular formula is C11H14FNOS. The van der Waals surface area contributed by atoms with Crippen molar-refractivity contribution in [3.8, 4) is 0 Å². The highest BCUT2D eigenvalue weighted by Gasteiger charge is 2.23. The maximum absolute atomic E-state index is 12.7. The van der Waals surface area contributed by atoms with E-state index in [-0.39, 0.29) is 11.1 Å². The second-order valence-corrected chi connectivity index (χ2v) is 5.08. The fourth-order valence-corrected chi connectivity index (χ4v) is 2.71. The van der Waals surface area contributed by atoms with Crippen molar-refractivity contribution in [2.24, 2.45) is 5.73 Å². The predicted octanol–water partition coefficient (Wildman–Crippen LogP) is 1.96. The lowest BCUT2D eigenvalue weighted by Gasteiger charge is -2.29. The van der Waals surface area contributed by atoms with E-state index in [1.807, 2.05) is 11.8 Å². The van der Waals surface area contributed by atoms with E-state index in [0.717, 1.165) is 18.8 Å². The maximum Gasteiger partial charge on any atom is 0.123 e. The van der Waals surface area contributed by atoms with Crippen molar-refractivity contribution < 1.29 is 9.13 Å². The summed E-state index contributed by atoms with van der Waals surface area (Å²) in [6.07, 6.45) is 0. The lowest BCUT2D eigenvalue weighted by molar-refractivity contribution is 0.0453.